The SMILES string of the molecule is C=[n+]1cccc(S(=O)(=O)CC)c1=C1[N-]c2cc(C)cnc2N1C.O. The molecule has 0 saturated carbocycles. The molecule has 0 aromatic carbocycles. The van der Waals surface area contributed by atoms with E-state index in [4.69, 9.17) is 0 Å². The van der Waals surface area contributed by atoms with Crippen LogP contribution in [0.2, 0.25) is 0 Å². The number of fused-ring (bicyclic) bond motifs is 1. The van der Waals surface area contributed by atoms with E-state index < -0.39 is 9.84 Å². The molecular weight excluding hydrogens is 328 g/mol. The number of hydrogen-bond acceptors (Lipinski definition) is 4. The monoisotopic (exact) mass is 348 g/mol. The summed E-state index contributed by atoms with van der Waals surface area (Å²) < 4.78 is 26.4. The molecule has 0 bridgehead atoms. The second-order valence-electron chi connectivity index (χ2n) is 5.44. The molecule has 0 fully saturated rings. The lowest BCUT2D eigenvalue weighted by atomic mass is 10.3. The number of aromatic nitrogens is 2. The first-order valence-corrected chi connectivity index (χ1v) is 8.88. The van der Waals surface area contributed by atoms with Crippen LogP contribution in [0, 0.1) is 13.6 Å². The highest BCUT2D eigenvalue weighted by Gasteiger charge is 2.23. The Hall–Kier alpha value is -2.45. The Bertz CT molecular complexity index is 1000. The normalized spacial score (nSPS) is 15.5. The van der Waals surface area contributed by atoms with Crippen LogP contribution in [-0.4, -0.2) is 31.7 Å². The topological polar surface area (TPSA) is 102 Å². The Morgan fingerprint density at radius 2 is 2.12 bits per heavy atom. The first-order chi connectivity index (χ1) is 10.8. The van der Waals surface area contributed by atoms with Crippen LogP contribution in [-0.2, 0) is 9.84 Å². The van der Waals surface area contributed by atoms with Crippen molar-refractivity contribution in [2.75, 3.05) is 17.7 Å². The fourth-order valence-corrected chi connectivity index (χ4v) is 3.66. The summed E-state index contributed by atoms with van der Waals surface area (Å²) in [7, 11) is -1.57. The van der Waals surface area contributed by atoms with Gasteiger partial charge in [-0.3, -0.25) is 4.98 Å². The Balaban J connectivity index is 0.00000208. The summed E-state index contributed by atoms with van der Waals surface area (Å²) in [6.45, 7) is 7.48. The van der Waals surface area contributed by atoms with E-state index in [1.54, 1.807) is 36.4 Å². The molecule has 1 aliphatic rings. The Morgan fingerprint density at radius 3 is 2.79 bits per heavy atom. The number of sulfone groups is 1. The maximum Gasteiger partial charge on any atom is 0.228 e. The van der Waals surface area contributed by atoms with Gasteiger partial charge in [-0.15, -0.1) is 0 Å². The summed E-state index contributed by atoms with van der Waals surface area (Å²) in [5, 5.41) is 5.05. The van der Waals surface area contributed by atoms with Gasteiger partial charge < -0.3 is 15.7 Å². The molecular formula is C16H20N4O3S. The quantitative estimate of drug-likeness (QED) is 0.738. The molecule has 0 unspecified atom stereocenters. The van der Waals surface area contributed by atoms with Gasteiger partial charge in [-0.2, -0.15) is 4.24 Å². The maximum atomic E-state index is 12.4. The van der Waals surface area contributed by atoms with Crippen LogP contribution in [0.1, 0.15) is 12.5 Å². The zero-order chi connectivity index (χ0) is 16.8. The summed E-state index contributed by atoms with van der Waals surface area (Å²) in [6, 6.07) is 5.19. The molecule has 3 heterocycles. The number of aryl methyl sites for hydroxylation is 1. The average Bonchev–Trinajstić information content (AvgIpc) is 2.83. The summed E-state index contributed by atoms with van der Waals surface area (Å²) in [5.41, 5.74) is 1.73. The molecule has 128 valence electrons. The van der Waals surface area contributed by atoms with Crippen LogP contribution in [0.25, 0.3) is 11.1 Å². The van der Waals surface area contributed by atoms with Crippen molar-refractivity contribution in [3.8, 4) is 0 Å². The van der Waals surface area contributed by atoms with E-state index in [9.17, 15) is 8.42 Å². The molecule has 3 rings (SSSR count). The molecule has 0 radical (unpaired) electrons. The lowest BCUT2D eigenvalue weighted by Gasteiger charge is -2.20. The third-order valence-electron chi connectivity index (χ3n) is 3.81. The Labute approximate surface area is 140 Å². The fraction of sp³-hybridized carbons (Fsp3) is 0.250. The smallest absolute Gasteiger partial charge is 0.228 e. The minimum atomic E-state index is -3.40. The second kappa shape index (κ2) is 6.21. The first-order valence-electron chi connectivity index (χ1n) is 7.23. The van der Waals surface area contributed by atoms with Crippen molar-refractivity contribution in [2.24, 2.45) is 0 Å². The Morgan fingerprint density at radius 1 is 1.42 bits per heavy atom. The standard InChI is InChI=1S/C16H18N4O2S.H2O/c1-5-23(21,22)13-7-6-8-19(3)14(13)16-18-12-9-11(2)10-17-15(12)20(16)4;/h6-10H,3,5H2,1-2,4H3;1H2. The third kappa shape index (κ3) is 2.74. The number of hydrogen-bond donors (Lipinski definition) is 0. The summed E-state index contributed by atoms with van der Waals surface area (Å²) >= 11 is 0. The molecule has 0 atom stereocenters. The highest BCUT2D eigenvalue weighted by molar-refractivity contribution is 7.91. The molecule has 1 aliphatic heterocycles. The van der Waals surface area contributed by atoms with Gasteiger partial charge in [0.1, 0.15) is 11.6 Å². The van der Waals surface area contributed by atoms with E-state index in [0.717, 1.165) is 11.3 Å². The molecule has 0 spiro atoms. The van der Waals surface area contributed by atoms with Crippen molar-refractivity contribution in [3.05, 3.63) is 53.5 Å². The van der Waals surface area contributed by atoms with Gasteiger partial charge in [0.2, 0.25) is 5.35 Å². The molecule has 2 N–H and O–H groups in total. The van der Waals surface area contributed by atoms with Crippen molar-refractivity contribution in [1.82, 2.24) is 4.98 Å². The van der Waals surface area contributed by atoms with Crippen LogP contribution in [0.4, 0.5) is 11.5 Å². The Kier molecular flexibility index (Phi) is 4.63. The largest absolute Gasteiger partial charge is 0.429 e. The molecule has 0 amide bonds. The van der Waals surface area contributed by atoms with E-state index >= 15 is 0 Å². The molecule has 0 saturated heterocycles. The maximum absolute atomic E-state index is 12.4. The zero-order valence-electron chi connectivity index (χ0n) is 13.8. The first kappa shape index (κ1) is 17.9. The van der Waals surface area contributed by atoms with Crippen molar-refractivity contribution in [3.63, 3.8) is 0 Å². The predicted octanol–water partition coefficient (Wildman–Crippen LogP) is 0.507. The van der Waals surface area contributed by atoms with Gasteiger partial charge in [0.15, 0.2) is 16.0 Å². The number of anilines is 1. The average molecular weight is 348 g/mol. The van der Waals surface area contributed by atoms with Crippen LogP contribution >= 0.6 is 0 Å². The fourth-order valence-electron chi connectivity index (χ4n) is 2.56. The van der Waals surface area contributed by atoms with Crippen LogP contribution in [0.5, 0.6) is 0 Å². The van der Waals surface area contributed by atoms with Crippen molar-refractivity contribution >= 4 is 27.2 Å². The third-order valence-corrected chi connectivity index (χ3v) is 5.57. The van der Waals surface area contributed by atoms with Crippen LogP contribution in [0.3, 0.4) is 0 Å². The second-order valence-corrected chi connectivity index (χ2v) is 7.69. The molecule has 2 aromatic heterocycles. The molecule has 0 aliphatic carbocycles. The van der Waals surface area contributed by atoms with E-state index in [1.807, 2.05) is 20.0 Å². The van der Waals surface area contributed by atoms with Gasteiger partial charge in [0.25, 0.3) is 0 Å². The molecule has 24 heavy (non-hydrogen) atoms. The van der Waals surface area contributed by atoms with Gasteiger partial charge in [-0.25, -0.2) is 8.42 Å². The van der Waals surface area contributed by atoms with Crippen LogP contribution < -0.4 is 14.5 Å². The summed E-state index contributed by atoms with van der Waals surface area (Å²) in [6.07, 6.45) is 3.47. The number of rotatable bonds is 2. The highest BCUT2D eigenvalue weighted by Crippen LogP contribution is 2.43. The lowest BCUT2D eigenvalue weighted by molar-refractivity contribution is -0.517. The van der Waals surface area contributed by atoms with Crippen molar-refractivity contribution in [1.29, 1.82) is 0 Å². The molecule has 7 nitrogen and oxygen atoms in total. The van der Waals surface area contributed by atoms with Gasteiger partial charge >= 0.3 is 0 Å². The molecule has 8 heteroatoms. The van der Waals surface area contributed by atoms with Gasteiger partial charge in [0, 0.05) is 18.1 Å². The molecule has 2 aromatic rings. The number of pyridine rings is 2. The van der Waals surface area contributed by atoms with Gasteiger partial charge in [0.05, 0.1) is 11.6 Å². The predicted molar refractivity (Wildman–Crippen MR) is 92.2 cm³/mol. The van der Waals surface area contributed by atoms with Gasteiger partial charge in [-0.05, 0) is 24.2 Å². The van der Waals surface area contributed by atoms with E-state index in [2.05, 4.69) is 17.0 Å². The summed E-state index contributed by atoms with van der Waals surface area (Å²) in [5.74, 6) is 1.25. The van der Waals surface area contributed by atoms with Crippen LogP contribution in [0.15, 0.2) is 35.5 Å². The van der Waals surface area contributed by atoms with Gasteiger partial charge in [-0.1, -0.05) is 20.0 Å². The lowest BCUT2D eigenvalue weighted by Crippen LogP contribution is -2.43. The van der Waals surface area contributed by atoms with E-state index in [0.29, 0.717) is 17.0 Å². The highest BCUT2D eigenvalue weighted by atomic mass is 32.2. The van der Waals surface area contributed by atoms with E-state index in [-0.39, 0.29) is 16.1 Å². The zero-order valence-corrected chi connectivity index (χ0v) is 14.6. The van der Waals surface area contributed by atoms with E-state index in [1.165, 1.54) is 4.24 Å². The van der Waals surface area contributed by atoms with Crippen molar-refractivity contribution in [2.45, 2.75) is 18.7 Å². The minimum Gasteiger partial charge on any atom is -0.429 e. The number of nitrogens with zero attached hydrogens (tertiary/aromatic N) is 4. The summed E-state index contributed by atoms with van der Waals surface area (Å²) in [4.78, 5) is 6.41. The van der Waals surface area contributed by atoms with Crippen molar-refractivity contribution < 1.29 is 18.1 Å². The minimum absolute atomic E-state index is 0.